The van der Waals surface area contributed by atoms with Gasteiger partial charge >= 0.3 is 0 Å². The topological polar surface area (TPSA) is 56.0 Å². The van der Waals surface area contributed by atoms with Crippen LogP contribution < -0.4 is 0 Å². The Labute approximate surface area is 113 Å². The predicted molar refractivity (Wildman–Crippen MR) is 69.9 cm³/mol. The third kappa shape index (κ3) is 2.45. The number of carbonyl (C=O) groups is 1. The number of aryl methyl sites for hydroxylation is 2. The quantitative estimate of drug-likeness (QED) is 0.855. The number of halogens is 1. The summed E-state index contributed by atoms with van der Waals surface area (Å²) in [5.41, 5.74) is 1.54. The van der Waals surface area contributed by atoms with Gasteiger partial charge in [-0.25, -0.2) is 0 Å². The highest BCUT2D eigenvalue weighted by molar-refractivity contribution is 9.10. The van der Waals surface area contributed by atoms with Gasteiger partial charge in [-0.15, -0.1) is 0 Å². The first-order chi connectivity index (χ1) is 8.49. The molecule has 96 valence electrons. The molecule has 6 nitrogen and oxygen atoms in total. The molecule has 0 atom stereocenters. The summed E-state index contributed by atoms with van der Waals surface area (Å²) in [6.45, 7) is 0.518. The molecule has 0 unspecified atom stereocenters. The fourth-order valence-electron chi connectivity index (χ4n) is 1.73. The number of amides is 1. The van der Waals surface area contributed by atoms with Crippen LogP contribution in [0.5, 0.6) is 0 Å². The molecule has 2 rings (SSSR count). The van der Waals surface area contributed by atoms with Crippen LogP contribution in [0.4, 0.5) is 0 Å². The average Bonchev–Trinajstić information content (AvgIpc) is 2.85. The zero-order valence-corrected chi connectivity index (χ0v) is 12.0. The summed E-state index contributed by atoms with van der Waals surface area (Å²) < 4.78 is 3.98. The Bertz CT molecular complexity index is 554. The minimum atomic E-state index is -0.0780. The Hall–Kier alpha value is -1.63. The molecule has 0 saturated heterocycles. The van der Waals surface area contributed by atoms with E-state index in [1.165, 1.54) is 0 Å². The van der Waals surface area contributed by atoms with Crippen LogP contribution in [0.2, 0.25) is 0 Å². The summed E-state index contributed by atoms with van der Waals surface area (Å²) in [5, 5.41) is 8.12. The van der Waals surface area contributed by atoms with Crippen LogP contribution in [0, 0.1) is 0 Å². The molecule has 0 saturated carbocycles. The number of rotatable bonds is 3. The van der Waals surface area contributed by atoms with Crippen molar-refractivity contribution in [3.8, 4) is 0 Å². The van der Waals surface area contributed by atoms with E-state index in [9.17, 15) is 4.79 Å². The first-order valence-corrected chi connectivity index (χ1v) is 6.19. The summed E-state index contributed by atoms with van der Waals surface area (Å²) in [6, 6.07) is 0. The van der Waals surface area contributed by atoms with E-state index < -0.39 is 0 Å². The Kier molecular flexibility index (Phi) is 3.51. The summed E-state index contributed by atoms with van der Waals surface area (Å²) in [7, 11) is 5.35. The van der Waals surface area contributed by atoms with Crippen molar-refractivity contribution in [3.63, 3.8) is 0 Å². The van der Waals surface area contributed by atoms with Crippen LogP contribution in [0.1, 0.15) is 16.1 Å². The zero-order chi connectivity index (χ0) is 13.3. The van der Waals surface area contributed by atoms with Gasteiger partial charge in [-0.05, 0) is 15.9 Å². The first-order valence-electron chi connectivity index (χ1n) is 5.39. The fourth-order valence-corrected chi connectivity index (χ4v) is 2.25. The zero-order valence-electron chi connectivity index (χ0n) is 10.5. The fraction of sp³-hybridized carbons (Fsp3) is 0.364. The molecule has 0 fully saturated rings. The Morgan fingerprint density at radius 2 is 2.11 bits per heavy atom. The van der Waals surface area contributed by atoms with Gasteiger partial charge in [0.15, 0.2) is 0 Å². The van der Waals surface area contributed by atoms with E-state index in [4.69, 9.17) is 0 Å². The summed E-state index contributed by atoms with van der Waals surface area (Å²) >= 11 is 3.33. The highest BCUT2D eigenvalue weighted by atomic mass is 79.9. The molecule has 18 heavy (non-hydrogen) atoms. The van der Waals surface area contributed by atoms with Gasteiger partial charge in [0.1, 0.15) is 5.69 Å². The molecule has 0 spiro atoms. The second-order valence-corrected chi connectivity index (χ2v) is 5.00. The predicted octanol–water partition coefficient (Wildman–Crippen LogP) is 1.19. The van der Waals surface area contributed by atoms with Crippen molar-refractivity contribution in [3.05, 3.63) is 34.3 Å². The molecule has 2 aromatic rings. The lowest BCUT2D eigenvalue weighted by molar-refractivity contribution is 0.0773. The molecule has 0 aliphatic heterocycles. The highest BCUT2D eigenvalue weighted by Crippen LogP contribution is 2.17. The van der Waals surface area contributed by atoms with Crippen LogP contribution in [0.25, 0.3) is 0 Å². The molecule has 0 aliphatic carbocycles. The van der Waals surface area contributed by atoms with Crippen LogP contribution in [0.15, 0.2) is 23.1 Å². The van der Waals surface area contributed by atoms with E-state index in [2.05, 4.69) is 26.1 Å². The maximum absolute atomic E-state index is 12.3. The molecular weight excluding hydrogens is 298 g/mol. The van der Waals surface area contributed by atoms with E-state index >= 15 is 0 Å². The van der Waals surface area contributed by atoms with Gasteiger partial charge in [-0.2, -0.15) is 10.2 Å². The van der Waals surface area contributed by atoms with Crippen molar-refractivity contribution in [2.24, 2.45) is 14.1 Å². The lowest BCUT2D eigenvalue weighted by Gasteiger charge is -2.16. The third-order valence-corrected chi connectivity index (χ3v) is 3.20. The molecular formula is C11H14BrN5O. The second kappa shape index (κ2) is 4.93. The maximum Gasteiger partial charge on any atom is 0.273 e. The minimum absolute atomic E-state index is 0.0780. The SMILES string of the molecule is CN(Cc1cnn(C)c1)C(=O)c1c(Br)cnn1C. The molecule has 0 N–H and O–H groups in total. The number of hydrogen-bond acceptors (Lipinski definition) is 3. The Balaban J connectivity index is 2.14. The molecule has 7 heteroatoms. The monoisotopic (exact) mass is 311 g/mol. The summed E-state index contributed by atoms with van der Waals surface area (Å²) in [6.07, 6.45) is 5.26. The second-order valence-electron chi connectivity index (χ2n) is 4.15. The van der Waals surface area contributed by atoms with E-state index in [0.717, 1.165) is 5.56 Å². The van der Waals surface area contributed by atoms with Crippen molar-refractivity contribution in [2.75, 3.05) is 7.05 Å². The van der Waals surface area contributed by atoms with Crippen molar-refractivity contribution in [2.45, 2.75) is 6.54 Å². The summed E-state index contributed by atoms with van der Waals surface area (Å²) in [5.74, 6) is -0.0780. The Morgan fingerprint density at radius 3 is 2.61 bits per heavy atom. The number of nitrogens with zero attached hydrogens (tertiary/aromatic N) is 5. The van der Waals surface area contributed by atoms with Crippen LogP contribution in [-0.2, 0) is 20.6 Å². The van der Waals surface area contributed by atoms with E-state index in [1.54, 1.807) is 40.8 Å². The van der Waals surface area contributed by atoms with Crippen molar-refractivity contribution < 1.29 is 4.79 Å². The van der Waals surface area contributed by atoms with Crippen LogP contribution in [-0.4, -0.2) is 37.4 Å². The van der Waals surface area contributed by atoms with Gasteiger partial charge in [0, 0.05) is 39.4 Å². The van der Waals surface area contributed by atoms with Crippen molar-refractivity contribution in [1.29, 1.82) is 0 Å². The van der Waals surface area contributed by atoms with E-state index in [-0.39, 0.29) is 5.91 Å². The standard InChI is InChI=1S/C11H14BrN5O/c1-15(6-8-4-13-16(2)7-8)11(18)10-9(12)5-14-17(10)3/h4-5,7H,6H2,1-3H3. The highest BCUT2D eigenvalue weighted by Gasteiger charge is 2.19. The van der Waals surface area contributed by atoms with Crippen LogP contribution in [0.3, 0.4) is 0 Å². The third-order valence-electron chi connectivity index (χ3n) is 2.62. The maximum atomic E-state index is 12.3. The summed E-state index contributed by atoms with van der Waals surface area (Å²) in [4.78, 5) is 13.9. The van der Waals surface area contributed by atoms with Gasteiger partial charge in [-0.1, -0.05) is 0 Å². The average molecular weight is 312 g/mol. The molecule has 0 bridgehead atoms. The van der Waals surface area contributed by atoms with Crippen molar-refractivity contribution >= 4 is 21.8 Å². The number of aromatic nitrogens is 4. The van der Waals surface area contributed by atoms with Gasteiger partial charge in [0.05, 0.1) is 16.9 Å². The van der Waals surface area contributed by atoms with Gasteiger partial charge in [0.25, 0.3) is 5.91 Å². The number of hydrogen-bond donors (Lipinski definition) is 0. The molecule has 0 aromatic carbocycles. The largest absolute Gasteiger partial charge is 0.336 e. The molecule has 0 radical (unpaired) electrons. The van der Waals surface area contributed by atoms with Gasteiger partial charge in [-0.3, -0.25) is 14.2 Å². The van der Waals surface area contributed by atoms with E-state index in [1.807, 2.05) is 13.2 Å². The molecule has 2 heterocycles. The Morgan fingerprint density at radius 1 is 1.39 bits per heavy atom. The minimum Gasteiger partial charge on any atom is -0.336 e. The van der Waals surface area contributed by atoms with Crippen molar-refractivity contribution in [1.82, 2.24) is 24.5 Å². The van der Waals surface area contributed by atoms with Gasteiger partial charge in [0.2, 0.25) is 0 Å². The molecule has 1 amide bonds. The lowest BCUT2D eigenvalue weighted by Crippen LogP contribution is -2.28. The number of carbonyl (C=O) groups excluding carboxylic acids is 1. The normalized spacial score (nSPS) is 10.7. The van der Waals surface area contributed by atoms with Crippen LogP contribution >= 0.6 is 15.9 Å². The molecule has 0 aliphatic rings. The smallest absolute Gasteiger partial charge is 0.273 e. The van der Waals surface area contributed by atoms with Gasteiger partial charge < -0.3 is 4.90 Å². The molecule has 2 aromatic heterocycles. The first kappa shape index (κ1) is 12.8. The lowest BCUT2D eigenvalue weighted by atomic mass is 10.3. The van der Waals surface area contributed by atoms with E-state index in [0.29, 0.717) is 16.7 Å².